The van der Waals surface area contributed by atoms with Crippen LogP contribution >= 0.6 is 0 Å². The lowest BCUT2D eigenvalue weighted by Gasteiger charge is -2.40. The van der Waals surface area contributed by atoms with Crippen LogP contribution in [0.15, 0.2) is 0 Å². The van der Waals surface area contributed by atoms with Gasteiger partial charge in [0.2, 0.25) is 5.91 Å². The topological polar surface area (TPSA) is 52.6 Å². The molecular weight excluding hydrogens is 276 g/mol. The lowest BCUT2D eigenvalue weighted by atomic mass is 9.86. The zero-order valence-electron chi connectivity index (χ0n) is 14.4. The SMILES string of the molecule is CCC(=O)N1CC(NCC2CCCCC2)CC(C(O)CC)C1. The summed E-state index contributed by atoms with van der Waals surface area (Å²) in [5.41, 5.74) is 0. The Morgan fingerprint density at radius 2 is 1.95 bits per heavy atom. The minimum atomic E-state index is -0.286. The monoisotopic (exact) mass is 310 g/mol. The maximum atomic E-state index is 12.1. The van der Waals surface area contributed by atoms with Crippen LogP contribution in [0.3, 0.4) is 0 Å². The number of nitrogens with zero attached hydrogens (tertiary/aromatic N) is 1. The Balaban J connectivity index is 1.88. The van der Waals surface area contributed by atoms with Gasteiger partial charge in [0.25, 0.3) is 0 Å². The fourth-order valence-electron chi connectivity index (χ4n) is 4.05. The summed E-state index contributed by atoms with van der Waals surface area (Å²) in [4.78, 5) is 14.1. The van der Waals surface area contributed by atoms with Crippen molar-refractivity contribution in [1.82, 2.24) is 10.2 Å². The minimum Gasteiger partial charge on any atom is -0.393 e. The number of piperidine rings is 1. The van der Waals surface area contributed by atoms with Crippen molar-refractivity contribution in [3.8, 4) is 0 Å². The summed E-state index contributed by atoms with van der Waals surface area (Å²) in [6.45, 7) is 6.56. The zero-order valence-corrected chi connectivity index (χ0v) is 14.4. The van der Waals surface area contributed by atoms with E-state index in [-0.39, 0.29) is 17.9 Å². The third-order valence-electron chi connectivity index (χ3n) is 5.52. The summed E-state index contributed by atoms with van der Waals surface area (Å²) in [7, 11) is 0. The van der Waals surface area contributed by atoms with E-state index in [9.17, 15) is 9.90 Å². The Morgan fingerprint density at radius 1 is 1.23 bits per heavy atom. The van der Waals surface area contributed by atoms with Gasteiger partial charge in [-0.15, -0.1) is 0 Å². The number of rotatable bonds is 6. The van der Waals surface area contributed by atoms with E-state index in [1.165, 1.54) is 32.1 Å². The van der Waals surface area contributed by atoms with E-state index < -0.39 is 0 Å². The fraction of sp³-hybridized carbons (Fsp3) is 0.944. The molecule has 1 saturated carbocycles. The normalized spacial score (nSPS) is 28.6. The molecule has 4 nitrogen and oxygen atoms in total. The molecule has 1 saturated heterocycles. The second-order valence-corrected chi connectivity index (χ2v) is 7.23. The molecule has 22 heavy (non-hydrogen) atoms. The predicted molar refractivity (Wildman–Crippen MR) is 89.6 cm³/mol. The molecule has 0 aromatic heterocycles. The number of likely N-dealkylation sites (tertiary alicyclic amines) is 1. The largest absolute Gasteiger partial charge is 0.393 e. The predicted octanol–water partition coefficient (Wildman–Crippen LogP) is 2.55. The van der Waals surface area contributed by atoms with Crippen LogP contribution in [-0.4, -0.2) is 47.7 Å². The third-order valence-corrected chi connectivity index (χ3v) is 5.52. The van der Waals surface area contributed by atoms with Gasteiger partial charge in [-0.3, -0.25) is 4.79 Å². The first-order valence-electron chi connectivity index (χ1n) is 9.33. The molecule has 2 aliphatic rings. The molecule has 2 N–H and O–H groups in total. The first-order valence-corrected chi connectivity index (χ1v) is 9.33. The van der Waals surface area contributed by atoms with Crippen molar-refractivity contribution in [2.75, 3.05) is 19.6 Å². The summed E-state index contributed by atoms with van der Waals surface area (Å²) >= 11 is 0. The number of carbonyl (C=O) groups is 1. The molecule has 0 aromatic carbocycles. The molecule has 0 radical (unpaired) electrons. The van der Waals surface area contributed by atoms with E-state index in [4.69, 9.17) is 0 Å². The van der Waals surface area contributed by atoms with Crippen LogP contribution in [-0.2, 0) is 4.79 Å². The van der Waals surface area contributed by atoms with Crippen molar-refractivity contribution in [1.29, 1.82) is 0 Å². The molecule has 1 amide bonds. The summed E-state index contributed by atoms with van der Waals surface area (Å²) < 4.78 is 0. The van der Waals surface area contributed by atoms with Gasteiger partial charge in [0.05, 0.1) is 6.10 Å². The Labute approximate surface area is 135 Å². The van der Waals surface area contributed by atoms with Gasteiger partial charge in [0, 0.05) is 31.5 Å². The van der Waals surface area contributed by atoms with E-state index in [2.05, 4.69) is 5.32 Å². The number of hydrogen-bond acceptors (Lipinski definition) is 3. The Bertz CT molecular complexity index is 342. The van der Waals surface area contributed by atoms with Crippen molar-refractivity contribution < 1.29 is 9.90 Å². The van der Waals surface area contributed by atoms with Gasteiger partial charge >= 0.3 is 0 Å². The van der Waals surface area contributed by atoms with E-state index >= 15 is 0 Å². The number of carbonyl (C=O) groups excluding carboxylic acids is 1. The molecule has 3 unspecified atom stereocenters. The van der Waals surface area contributed by atoms with Gasteiger partial charge in [-0.2, -0.15) is 0 Å². The lowest BCUT2D eigenvalue weighted by molar-refractivity contribution is -0.134. The van der Waals surface area contributed by atoms with Crippen molar-refractivity contribution >= 4 is 5.91 Å². The summed E-state index contributed by atoms with van der Waals surface area (Å²) in [6.07, 6.45) is 8.86. The first-order chi connectivity index (χ1) is 10.6. The second-order valence-electron chi connectivity index (χ2n) is 7.23. The van der Waals surface area contributed by atoms with Crippen LogP contribution in [0.1, 0.15) is 65.2 Å². The van der Waals surface area contributed by atoms with Gasteiger partial charge in [0.15, 0.2) is 0 Å². The summed E-state index contributed by atoms with van der Waals surface area (Å²) in [5.74, 6) is 1.25. The molecule has 128 valence electrons. The number of aliphatic hydroxyl groups excluding tert-OH is 1. The van der Waals surface area contributed by atoms with Crippen LogP contribution in [0.4, 0.5) is 0 Å². The maximum absolute atomic E-state index is 12.1. The molecular formula is C18H34N2O2. The van der Waals surface area contributed by atoms with Crippen LogP contribution in [0.2, 0.25) is 0 Å². The van der Waals surface area contributed by atoms with E-state index in [0.29, 0.717) is 12.5 Å². The highest BCUT2D eigenvalue weighted by Crippen LogP contribution is 2.25. The highest BCUT2D eigenvalue weighted by molar-refractivity contribution is 5.76. The quantitative estimate of drug-likeness (QED) is 0.793. The van der Waals surface area contributed by atoms with Crippen molar-refractivity contribution in [2.45, 2.75) is 77.4 Å². The highest BCUT2D eigenvalue weighted by Gasteiger charge is 2.32. The highest BCUT2D eigenvalue weighted by atomic mass is 16.3. The van der Waals surface area contributed by atoms with Gasteiger partial charge in [-0.1, -0.05) is 33.1 Å². The molecule has 0 aromatic rings. The molecule has 2 fully saturated rings. The first kappa shape index (κ1) is 17.7. The van der Waals surface area contributed by atoms with Crippen LogP contribution in [0.25, 0.3) is 0 Å². The van der Waals surface area contributed by atoms with Crippen LogP contribution in [0.5, 0.6) is 0 Å². The van der Waals surface area contributed by atoms with Gasteiger partial charge < -0.3 is 15.3 Å². The van der Waals surface area contributed by atoms with Crippen LogP contribution in [0, 0.1) is 11.8 Å². The minimum absolute atomic E-state index is 0.220. The van der Waals surface area contributed by atoms with Gasteiger partial charge in [-0.05, 0) is 38.1 Å². The Kier molecular flexibility index (Phi) is 7.16. The average Bonchev–Trinajstić information content (AvgIpc) is 2.59. The average molecular weight is 310 g/mol. The standard InChI is InChI=1S/C18H34N2O2/c1-3-17(21)15-10-16(13-20(12-15)18(22)4-2)19-11-14-8-6-5-7-9-14/h14-17,19,21H,3-13H2,1-2H3. The molecule has 0 spiro atoms. The number of aliphatic hydroxyl groups is 1. The molecule has 1 aliphatic carbocycles. The summed E-state index contributed by atoms with van der Waals surface area (Å²) in [6, 6.07) is 0.345. The fourth-order valence-corrected chi connectivity index (χ4v) is 4.05. The summed E-state index contributed by atoms with van der Waals surface area (Å²) in [5, 5.41) is 13.9. The maximum Gasteiger partial charge on any atom is 0.222 e. The third kappa shape index (κ3) is 4.95. The van der Waals surface area contributed by atoms with E-state index in [1.54, 1.807) is 0 Å². The van der Waals surface area contributed by atoms with Gasteiger partial charge in [-0.25, -0.2) is 0 Å². The van der Waals surface area contributed by atoms with Gasteiger partial charge in [0.1, 0.15) is 0 Å². The molecule has 4 heteroatoms. The zero-order chi connectivity index (χ0) is 15.9. The van der Waals surface area contributed by atoms with E-state index in [0.717, 1.165) is 38.4 Å². The molecule has 1 heterocycles. The number of hydrogen-bond donors (Lipinski definition) is 2. The smallest absolute Gasteiger partial charge is 0.222 e. The van der Waals surface area contributed by atoms with Crippen molar-refractivity contribution in [2.24, 2.45) is 11.8 Å². The lowest BCUT2D eigenvalue weighted by Crippen LogP contribution is -2.54. The number of amides is 1. The Morgan fingerprint density at radius 3 is 2.59 bits per heavy atom. The Hall–Kier alpha value is -0.610. The molecule has 2 rings (SSSR count). The second kappa shape index (κ2) is 8.88. The van der Waals surface area contributed by atoms with Crippen molar-refractivity contribution in [3.63, 3.8) is 0 Å². The molecule has 1 aliphatic heterocycles. The van der Waals surface area contributed by atoms with Crippen LogP contribution < -0.4 is 5.32 Å². The molecule has 0 bridgehead atoms. The number of nitrogens with one attached hydrogen (secondary N) is 1. The molecule has 3 atom stereocenters. The van der Waals surface area contributed by atoms with E-state index in [1.807, 2.05) is 18.7 Å². The van der Waals surface area contributed by atoms with Crippen molar-refractivity contribution in [3.05, 3.63) is 0 Å².